The number of aromatic nitrogens is 2. The summed E-state index contributed by atoms with van der Waals surface area (Å²) in [5.74, 6) is 0.532. The lowest BCUT2D eigenvalue weighted by atomic mass is 10.1. The van der Waals surface area contributed by atoms with Crippen molar-refractivity contribution in [3.05, 3.63) is 100 Å². The summed E-state index contributed by atoms with van der Waals surface area (Å²) >= 11 is 0. The maximum atomic E-state index is 13.2. The molecule has 1 amide bonds. The number of benzene rings is 3. The first-order valence-corrected chi connectivity index (χ1v) is 10.0. The van der Waals surface area contributed by atoms with Crippen LogP contribution in [0.4, 0.5) is 5.69 Å². The molecule has 3 aromatic carbocycles. The molecule has 0 aliphatic carbocycles. The molecular weight excluding hydrogens is 404 g/mol. The molecule has 0 fully saturated rings. The van der Waals surface area contributed by atoms with Gasteiger partial charge in [0.05, 0.1) is 18.0 Å². The molecule has 0 saturated heterocycles. The topological polar surface area (TPSA) is 97.0 Å². The van der Waals surface area contributed by atoms with E-state index >= 15 is 0 Å². The number of ether oxygens (including phenoxy) is 1. The Morgan fingerprint density at radius 2 is 1.84 bits per heavy atom. The van der Waals surface area contributed by atoms with Gasteiger partial charge in [-0.2, -0.15) is 5.26 Å². The van der Waals surface area contributed by atoms with Gasteiger partial charge in [0.25, 0.3) is 11.5 Å². The summed E-state index contributed by atoms with van der Waals surface area (Å²) in [4.78, 5) is 30.0. The SMILES string of the molecule is COc1ccc(CCn2c(C#N)nc3ccc(NC(=O)c4ccccc4)cc3c2=O)cc1. The molecule has 0 aliphatic heterocycles. The van der Waals surface area contributed by atoms with Crippen LogP contribution >= 0.6 is 0 Å². The number of nitrogens with one attached hydrogen (secondary N) is 1. The molecule has 1 N–H and O–H groups in total. The van der Waals surface area contributed by atoms with Gasteiger partial charge < -0.3 is 10.1 Å². The molecule has 32 heavy (non-hydrogen) atoms. The van der Waals surface area contributed by atoms with Crippen LogP contribution in [-0.2, 0) is 13.0 Å². The Morgan fingerprint density at radius 3 is 2.53 bits per heavy atom. The van der Waals surface area contributed by atoms with Gasteiger partial charge in [-0.05, 0) is 54.4 Å². The van der Waals surface area contributed by atoms with Gasteiger partial charge in [0, 0.05) is 17.8 Å². The average molecular weight is 424 g/mol. The molecular formula is C25H20N4O3. The van der Waals surface area contributed by atoms with Crippen LogP contribution in [0.15, 0.2) is 77.6 Å². The van der Waals surface area contributed by atoms with Crippen LogP contribution in [0.2, 0.25) is 0 Å². The van der Waals surface area contributed by atoms with Gasteiger partial charge in [-0.25, -0.2) is 4.98 Å². The fourth-order valence-electron chi connectivity index (χ4n) is 3.42. The number of anilines is 1. The zero-order valence-corrected chi connectivity index (χ0v) is 17.4. The maximum Gasteiger partial charge on any atom is 0.262 e. The number of fused-ring (bicyclic) bond motifs is 1. The van der Waals surface area contributed by atoms with E-state index in [2.05, 4.69) is 10.3 Å². The van der Waals surface area contributed by atoms with E-state index in [4.69, 9.17) is 4.74 Å². The molecule has 1 heterocycles. The van der Waals surface area contributed by atoms with E-state index in [0.29, 0.717) is 35.1 Å². The van der Waals surface area contributed by atoms with E-state index in [1.165, 1.54) is 4.57 Å². The molecule has 158 valence electrons. The predicted molar refractivity (Wildman–Crippen MR) is 122 cm³/mol. The van der Waals surface area contributed by atoms with Gasteiger partial charge in [0.2, 0.25) is 5.82 Å². The van der Waals surface area contributed by atoms with E-state index < -0.39 is 0 Å². The number of amides is 1. The number of hydrogen-bond acceptors (Lipinski definition) is 5. The second-order valence-electron chi connectivity index (χ2n) is 7.15. The second kappa shape index (κ2) is 9.14. The Labute approximate surface area is 184 Å². The van der Waals surface area contributed by atoms with Crippen molar-refractivity contribution in [2.75, 3.05) is 12.4 Å². The largest absolute Gasteiger partial charge is 0.497 e. The average Bonchev–Trinajstić information content (AvgIpc) is 2.84. The van der Waals surface area contributed by atoms with Crippen LogP contribution in [0.1, 0.15) is 21.7 Å². The fraction of sp³-hybridized carbons (Fsp3) is 0.120. The molecule has 0 saturated carbocycles. The van der Waals surface area contributed by atoms with Crippen molar-refractivity contribution in [3.8, 4) is 11.8 Å². The third-order valence-corrected chi connectivity index (χ3v) is 5.13. The van der Waals surface area contributed by atoms with E-state index in [9.17, 15) is 14.9 Å². The van der Waals surface area contributed by atoms with E-state index in [1.807, 2.05) is 36.4 Å². The lowest BCUT2D eigenvalue weighted by Gasteiger charge is -2.11. The minimum absolute atomic E-state index is 0.0529. The molecule has 0 aliphatic rings. The number of nitrogens with zero attached hydrogens (tertiary/aromatic N) is 3. The molecule has 0 spiro atoms. The number of aryl methyl sites for hydroxylation is 1. The number of carbonyl (C=O) groups excluding carboxylic acids is 1. The van der Waals surface area contributed by atoms with E-state index in [-0.39, 0.29) is 17.3 Å². The van der Waals surface area contributed by atoms with Gasteiger partial charge >= 0.3 is 0 Å². The number of hydrogen-bond donors (Lipinski definition) is 1. The lowest BCUT2D eigenvalue weighted by Crippen LogP contribution is -2.25. The number of rotatable bonds is 6. The molecule has 7 heteroatoms. The molecule has 7 nitrogen and oxygen atoms in total. The summed E-state index contributed by atoms with van der Waals surface area (Å²) in [6.45, 7) is 0.303. The summed E-state index contributed by atoms with van der Waals surface area (Å²) in [7, 11) is 1.60. The Kier molecular flexibility index (Phi) is 5.95. The van der Waals surface area contributed by atoms with Gasteiger partial charge in [-0.1, -0.05) is 30.3 Å². The highest BCUT2D eigenvalue weighted by Crippen LogP contribution is 2.17. The third-order valence-electron chi connectivity index (χ3n) is 5.13. The normalized spacial score (nSPS) is 10.5. The summed E-state index contributed by atoms with van der Waals surface area (Å²) in [6, 6.07) is 23.3. The third kappa shape index (κ3) is 4.35. The highest BCUT2D eigenvalue weighted by atomic mass is 16.5. The number of nitriles is 1. The van der Waals surface area contributed by atoms with Gasteiger partial charge in [0.1, 0.15) is 11.8 Å². The first-order chi connectivity index (χ1) is 15.6. The Morgan fingerprint density at radius 1 is 1.09 bits per heavy atom. The molecule has 0 atom stereocenters. The Balaban J connectivity index is 1.63. The predicted octanol–water partition coefficient (Wildman–Crippen LogP) is 3.77. The smallest absolute Gasteiger partial charge is 0.262 e. The molecule has 1 aromatic heterocycles. The standard InChI is InChI=1S/C25H20N4O3/c1-32-20-10-7-17(8-11-20)13-14-29-23(16-26)28-22-12-9-19(15-21(22)25(29)31)27-24(30)18-5-3-2-4-6-18/h2-12,15H,13-14H2,1H3,(H,27,30). The van der Waals surface area contributed by atoms with Crippen LogP contribution in [0, 0.1) is 11.3 Å². The number of carbonyl (C=O) groups is 1. The first-order valence-electron chi connectivity index (χ1n) is 10.0. The number of methoxy groups -OCH3 is 1. The monoisotopic (exact) mass is 424 g/mol. The molecule has 4 aromatic rings. The molecule has 0 unspecified atom stereocenters. The second-order valence-corrected chi connectivity index (χ2v) is 7.15. The van der Waals surface area contributed by atoms with Crippen LogP contribution in [-0.4, -0.2) is 22.6 Å². The Hall–Kier alpha value is -4.44. The summed E-state index contributed by atoms with van der Waals surface area (Å²) in [5, 5.41) is 12.7. The fourth-order valence-corrected chi connectivity index (χ4v) is 3.42. The highest BCUT2D eigenvalue weighted by molar-refractivity contribution is 6.05. The van der Waals surface area contributed by atoms with Crippen LogP contribution in [0.3, 0.4) is 0 Å². The zero-order chi connectivity index (χ0) is 22.5. The molecule has 0 radical (unpaired) electrons. The van der Waals surface area contributed by atoms with Crippen LogP contribution in [0.25, 0.3) is 10.9 Å². The maximum absolute atomic E-state index is 13.2. The van der Waals surface area contributed by atoms with Crippen molar-refractivity contribution in [1.29, 1.82) is 5.26 Å². The lowest BCUT2D eigenvalue weighted by molar-refractivity contribution is 0.102. The summed E-state index contributed by atoms with van der Waals surface area (Å²) < 4.78 is 6.53. The van der Waals surface area contributed by atoms with Crippen molar-refractivity contribution in [2.45, 2.75) is 13.0 Å². The van der Waals surface area contributed by atoms with Gasteiger partial charge in [-0.15, -0.1) is 0 Å². The minimum atomic E-state index is -0.323. The van der Waals surface area contributed by atoms with Crippen LogP contribution < -0.4 is 15.6 Å². The van der Waals surface area contributed by atoms with Crippen molar-refractivity contribution in [3.63, 3.8) is 0 Å². The van der Waals surface area contributed by atoms with Crippen molar-refractivity contribution in [1.82, 2.24) is 9.55 Å². The van der Waals surface area contributed by atoms with Crippen molar-refractivity contribution in [2.24, 2.45) is 0 Å². The quantitative estimate of drug-likeness (QED) is 0.508. The Bertz CT molecular complexity index is 1370. The molecule has 4 rings (SSSR count). The van der Waals surface area contributed by atoms with Crippen molar-refractivity contribution < 1.29 is 9.53 Å². The van der Waals surface area contributed by atoms with Crippen LogP contribution in [0.5, 0.6) is 5.75 Å². The highest BCUT2D eigenvalue weighted by Gasteiger charge is 2.13. The van der Waals surface area contributed by atoms with Gasteiger partial charge in [-0.3, -0.25) is 14.2 Å². The first kappa shape index (κ1) is 20.8. The minimum Gasteiger partial charge on any atom is -0.497 e. The zero-order valence-electron chi connectivity index (χ0n) is 17.4. The summed E-state index contributed by atoms with van der Waals surface area (Å²) in [5.41, 5.74) is 2.09. The van der Waals surface area contributed by atoms with Crippen molar-refractivity contribution >= 4 is 22.5 Å². The molecule has 0 bridgehead atoms. The summed E-state index contributed by atoms with van der Waals surface area (Å²) in [6.07, 6.45) is 0.552. The van der Waals surface area contributed by atoms with E-state index in [1.54, 1.807) is 49.6 Å². The van der Waals surface area contributed by atoms with E-state index in [0.717, 1.165) is 11.3 Å². The van der Waals surface area contributed by atoms with Gasteiger partial charge in [0.15, 0.2) is 0 Å².